The molecule has 0 saturated heterocycles. The molecule has 0 bridgehead atoms. The van der Waals surface area contributed by atoms with Crippen molar-refractivity contribution in [1.29, 1.82) is 0 Å². The van der Waals surface area contributed by atoms with Gasteiger partial charge in [-0.15, -0.1) is 0 Å². The summed E-state index contributed by atoms with van der Waals surface area (Å²) in [4.78, 5) is 0. The van der Waals surface area contributed by atoms with Crippen LogP contribution in [0.3, 0.4) is 0 Å². The number of ether oxygens (including phenoxy) is 4. The van der Waals surface area contributed by atoms with Gasteiger partial charge in [0, 0.05) is 17.5 Å². The zero-order valence-electron chi connectivity index (χ0n) is 13.8. The van der Waals surface area contributed by atoms with Crippen molar-refractivity contribution in [3.8, 4) is 34.5 Å². The summed E-state index contributed by atoms with van der Waals surface area (Å²) in [7, 11) is 4.51. The van der Waals surface area contributed by atoms with Crippen LogP contribution in [0.1, 0.15) is 17.0 Å². The molecule has 2 aromatic carbocycles. The lowest BCUT2D eigenvalue weighted by atomic mass is 9.89. The van der Waals surface area contributed by atoms with E-state index in [4.69, 9.17) is 18.9 Å². The Hall–Kier alpha value is -2.76. The number of fused-ring (bicyclic) bond motifs is 1. The standard InChI is InChI=1S/C18H20O6/c1-21-16-13(8-14(20)17(22-2)18(16)23-3)11-6-10-4-5-12(19)7-15(10)24-9-11/h4-5,7-8,11,19-20H,6,9H2,1-3H3. The molecule has 1 heterocycles. The first-order valence-electron chi connectivity index (χ1n) is 7.55. The summed E-state index contributed by atoms with van der Waals surface area (Å²) in [5.74, 6) is 1.92. The smallest absolute Gasteiger partial charge is 0.207 e. The van der Waals surface area contributed by atoms with E-state index in [0.717, 1.165) is 11.1 Å². The summed E-state index contributed by atoms with van der Waals surface area (Å²) in [6.07, 6.45) is 0.695. The minimum absolute atomic E-state index is 0.0124. The second-order valence-electron chi connectivity index (χ2n) is 5.59. The molecule has 0 amide bonds. The molecule has 6 heteroatoms. The van der Waals surface area contributed by atoms with Crippen molar-refractivity contribution in [3.05, 3.63) is 35.4 Å². The number of hydrogen-bond donors (Lipinski definition) is 2. The van der Waals surface area contributed by atoms with Crippen LogP contribution in [0, 0.1) is 0 Å². The Balaban J connectivity index is 2.04. The van der Waals surface area contributed by atoms with Crippen LogP contribution in [0.5, 0.6) is 34.5 Å². The van der Waals surface area contributed by atoms with Gasteiger partial charge < -0.3 is 29.2 Å². The average molecular weight is 332 g/mol. The van der Waals surface area contributed by atoms with E-state index in [1.165, 1.54) is 14.2 Å². The zero-order chi connectivity index (χ0) is 17.3. The lowest BCUT2D eigenvalue weighted by molar-refractivity contribution is 0.254. The highest BCUT2D eigenvalue weighted by atomic mass is 16.5. The van der Waals surface area contributed by atoms with E-state index in [1.54, 1.807) is 25.3 Å². The second-order valence-corrected chi connectivity index (χ2v) is 5.59. The number of phenolic OH excluding ortho intramolecular Hbond substituents is 2. The molecule has 2 aromatic rings. The molecule has 1 atom stereocenters. The highest BCUT2D eigenvalue weighted by molar-refractivity contribution is 5.63. The predicted molar refractivity (Wildman–Crippen MR) is 87.8 cm³/mol. The normalized spacial score (nSPS) is 16.0. The number of phenols is 2. The maximum Gasteiger partial charge on any atom is 0.207 e. The molecule has 0 aliphatic carbocycles. The van der Waals surface area contributed by atoms with Gasteiger partial charge in [0.1, 0.15) is 11.5 Å². The number of aromatic hydroxyl groups is 2. The van der Waals surface area contributed by atoms with Crippen LogP contribution >= 0.6 is 0 Å². The van der Waals surface area contributed by atoms with Gasteiger partial charge in [0.25, 0.3) is 0 Å². The molecule has 128 valence electrons. The van der Waals surface area contributed by atoms with E-state index < -0.39 is 0 Å². The first kappa shape index (κ1) is 16.1. The third-order valence-corrected chi connectivity index (χ3v) is 4.21. The van der Waals surface area contributed by atoms with Crippen molar-refractivity contribution in [1.82, 2.24) is 0 Å². The van der Waals surface area contributed by atoms with Crippen LogP contribution in [0.2, 0.25) is 0 Å². The molecule has 2 N–H and O–H groups in total. The Morgan fingerprint density at radius 1 is 0.958 bits per heavy atom. The fraction of sp³-hybridized carbons (Fsp3) is 0.333. The number of rotatable bonds is 4. The number of methoxy groups -OCH3 is 3. The first-order chi connectivity index (χ1) is 11.6. The third-order valence-electron chi connectivity index (χ3n) is 4.21. The fourth-order valence-corrected chi connectivity index (χ4v) is 3.09. The molecule has 3 rings (SSSR count). The van der Waals surface area contributed by atoms with Crippen LogP contribution in [0.25, 0.3) is 0 Å². The van der Waals surface area contributed by atoms with Crippen LogP contribution in [-0.4, -0.2) is 38.1 Å². The number of hydrogen-bond acceptors (Lipinski definition) is 6. The van der Waals surface area contributed by atoms with Gasteiger partial charge in [-0.3, -0.25) is 0 Å². The molecule has 1 unspecified atom stereocenters. The third kappa shape index (κ3) is 2.64. The Bertz CT molecular complexity index is 756. The maximum absolute atomic E-state index is 10.3. The molecular weight excluding hydrogens is 312 g/mol. The largest absolute Gasteiger partial charge is 0.508 e. The maximum atomic E-state index is 10.3. The minimum Gasteiger partial charge on any atom is -0.508 e. The van der Waals surface area contributed by atoms with Crippen molar-refractivity contribution in [2.45, 2.75) is 12.3 Å². The lowest BCUT2D eigenvalue weighted by Gasteiger charge is -2.28. The zero-order valence-corrected chi connectivity index (χ0v) is 13.8. The Kier molecular flexibility index (Phi) is 4.29. The molecule has 0 fully saturated rings. The minimum atomic E-state index is -0.0253. The van der Waals surface area contributed by atoms with Crippen molar-refractivity contribution in [3.63, 3.8) is 0 Å². The Morgan fingerprint density at radius 3 is 2.33 bits per heavy atom. The molecular formula is C18H20O6. The van der Waals surface area contributed by atoms with Gasteiger partial charge in [-0.2, -0.15) is 0 Å². The first-order valence-corrected chi connectivity index (χ1v) is 7.55. The molecule has 1 aliphatic rings. The summed E-state index contributed by atoms with van der Waals surface area (Å²) in [5, 5.41) is 19.8. The lowest BCUT2D eigenvalue weighted by Crippen LogP contribution is -2.20. The van der Waals surface area contributed by atoms with Crippen molar-refractivity contribution < 1.29 is 29.2 Å². The van der Waals surface area contributed by atoms with E-state index >= 15 is 0 Å². The van der Waals surface area contributed by atoms with Crippen LogP contribution in [-0.2, 0) is 6.42 Å². The quantitative estimate of drug-likeness (QED) is 0.896. The summed E-state index contributed by atoms with van der Waals surface area (Å²) >= 11 is 0. The molecule has 24 heavy (non-hydrogen) atoms. The Morgan fingerprint density at radius 2 is 1.67 bits per heavy atom. The summed E-state index contributed by atoms with van der Waals surface area (Å²) < 4.78 is 21.9. The predicted octanol–water partition coefficient (Wildman–Crippen LogP) is 2.84. The molecule has 6 nitrogen and oxygen atoms in total. The molecule has 1 aliphatic heterocycles. The van der Waals surface area contributed by atoms with Crippen molar-refractivity contribution >= 4 is 0 Å². The highest BCUT2D eigenvalue weighted by Crippen LogP contribution is 2.49. The summed E-state index contributed by atoms with van der Waals surface area (Å²) in [6, 6.07) is 6.70. The van der Waals surface area contributed by atoms with Gasteiger partial charge in [-0.05, 0) is 24.1 Å². The molecule has 0 radical (unpaired) electrons. The Labute approximate surface area is 140 Å². The van der Waals surface area contributed by atoms with Crippen molar-refractivity contribution in [2.75, 3.05) is 27.9 Å². The monoisotopic (exact) mass is 332 g/mol. The summed E-state index contributed by atoms with van der Waals surface area (Å²) in [6.45, 7) is 0.405. The molecule has 0 aromatic heterocycles. The van der Waals surface area contributed by atoms with Gasteiger partial charge in [0.05, 0.1) is 27.9 Å². The summed E-state index contributed by atoms with van der Waals surface area (Å²) in [5.41, 5.74) is 1.77. The second kappa shape index (κ2) is 6.39. The topological polar surface area (TPSA) is 77.4 Å². The highest BCUT2D eigenvalue weighted by Gasteiger charge is 2.29. The van der Waals surface area contributed by atoms with Crippen LogP contribution in [0.4, 0.5) is 0 Å². The fourth-order valence-electron chi connectivity index (χ4n) is 3.09. The van der Waals surface area contributed by atoms with Gasteiger partial charge >= 0.3 is 0 Å². The van der Waals surface area contributed by atoms with Crippen LogP contribution < -0.4 is 18.9 Å². The van der Waals surface area contributed by atoms with Gasteiger partial charge in [0.2, 0.25) is 11.5 Å². The molecule has 0 saturated carbocycles. The van der Waals surface area contributed by atoms with E-state index in [2.05, 4.69) is 0 Å². The van der Waals surface area contributed by atoms with E-state index in [-0.39, 0.29) is 23.2 Å². The van der Waals surface area contributed by atoms with E-state index in [1.807, 2.05) is 6.07 Å². The van der Waals surface area contributed by atoms with E-state index in [0.29, 0.717) is 30.3 Å². The SMILES string of the molecule is COc1c(O)cc(C2COc3cc(O)ccc3C2)c(OC)c1OC. The van der Waals surface area contributed by atoms with Crippen LogP contribution in [0.15, 0.2) is 24.3 Å². The average Bonchev–Trinajstić information content (AvgIpc) is 2.60. The van der Waals surface area contributed by atoms with Gasteiger partial charge in [0.15, 0.2) is 11.5 Å². The van der Waals surface area contributed by atoms with Gasteiger partial charge in [-0.1, -0.05) is 6.07 Å². The molecule has 0 spiro atoms. The van der Waals surface area contributed by atoms with E-state index in [9.17, 15) is 10.2 Å². The van der Waals surface area contributed by atoms with Crippen molar-refractivity contribution in [2.24, 2.45) is 0 Å². The van der Waals surface area contributed by atoms with Gasteiger partial charge in [-0.25, -0.2) is 0 Å². The number of benzene rings is 2.